The first kappa shape index (κ1) is 12.1. The molecule has 1 aliphatic carbocycles. The third-order valence-corrected chi connectivity index (χ3v) is 3.13. The summed E-state index contributed by atoms with van der Waals surface area (Å²) in [5.41, 5.74) is 2.79. The van der Waals surface area contributed by atoms with Crippen molar-refractivity contribution in [2.45, 2.75) is 25.0 Å². The lowest BCUT2D eigenvalue weighted by Crippen LogP contribution is -2.40. The minimum Gasteiger partial charge on any atom is -0.390 e. The van der Waals surface area contributed by atoms with Gasteiger partial charge in [-0.2, -0.15) is 0 Å². The summed E-state index contributed by atoms with van der Waals surface area (Å²) in [5, 5.41) is 15.4. The highest BCUT2D eigenvalue weighted by molar-refractivity contribution is 5.45. The third kappa shape index (κ3) is 3.28. The number of hydrogen-bond acceptors (Lipinski definition) is 3. The molecular weight excluding hydrogens is 216 g/mol. The van der Waals surface area contributed by atoms with Gasteiger partial charge >= 0.3 is 0 Å². The van der Waals surface area contributed by atoms with Crippen LogP contribution < -0.4 is 10.6 Å². The Hall–Kier alpha value is -1.39. The Labute approximate surface area is 101 Å². The molecular formula is C13H18N2O2. The fourth-order valence-corrected chi connectivity index (χ4v) is 2.26. The van der Waals surface area contributed by atoms with Crippen molar-refractivity contribution in [2.24, 2.45) is 0 Å². The van der Waals surface area contributed by atoms with Crippen LogP contribution in [-0.4, -0.2) is 36.8 Å². The van der Waals surface area contributed by atoms with E-state index in [1.165, 1.54) is 11.1 Å². The second kappa shape index (κ2) is 5.80. The van der Waals surface area contributed by atoms with E-state index in [2.05, 4.69) is 34.9 Å². The molecule has 1 atom stereocenters. The molecule has 1 amide bonds. The molecule has 1 aromatic carbocycles. The SMILES string of the molecule is O=CNCC(O)CNC1Cc2ccccc2C1. The van der Waals surface area contributed by atoms with E-state index in [4.69, 9.17) is 0 Å². The van der Waals surface area contributed by atoms with Crippen molar-refractivity contribution in [3.63, 3.8) is 0 Å². The molecule has 1 aromatic rings. The maximum atomic E-state index is 10.1. The van der Waals surface area contributed by atoms with Crippen molar-refractivity contribution in [1.29, 1.82) is 0 Å². The number of fused-ring (bicyclic) bond motifs is 1. The van der Waals surface area contributed by atoms with Gasteiger partial charge in [0.1, 0.15) is 0 Å². The van der Waals surface area contributed by atoms with Crippen LogP contribution in [0.3, 0.4) is 0 Å². The Morgan fingerprint density at radius 2 is 1.94 bits per heavy atom. The van der Waals surface area contributed by atoms with Crippen molar-refractivity contribution in [3.8, 4) is 0 Å². The second-order valence-electron chi connectivity index (χ2n) is 4.46. The molecule has 0 bridgehead atoms. The molecule has 0 heterocycles. The molecule has 4 nitrogen and oxygen atoms in total. The lowest BCUT2D eigenvalue weighted by molar-refractivity contribution is -0.109. The molecule has 0 saturated heterocycles. The van der Waals surface area contributed by atoms with Crippen LogP contribution in [-0.2, 0) is 17.6 Å². The number of hydrogen-bond donors (Lipinski definition) is 3. The molecule has 0 radical (unpaired) electrons. The van der Waals surface area contributed by atoms with E-state index in [-0.39, 0.29) is 0 Å². The smallest absolute Gasteiger partial charge is 0.207 e. The molecule has 1 aliphatic rings. The number of carbonyl (C=O) groups is 1. The summed E-state index contributed by atoms with van der Waals surface area (Å²) in [6.07, 6.45) is 2.12. The minimum absolute atomic E-state index is 0.302. The van der Waals surface area contributed by atoms with Gasteiger partial charge in [-0.05, 0) is 24.0 Å². The fraction of sp³-hybridized carbons (Fsp3) is 0.462. The molecule has 92 valence electrons. The second-order valence-corrected chi connectivity index (χ2v) is 4.46. The van der Waals surface area contributed by atoms with E-state index < -0.39 is 6.10 Å². The van der Waals surface area contributed by atoms with E-state index in [1.54, 1.807) is 0 Å². The Balaban J connectivity index is 1.74. The van der Waals surface area contributed by atoms with Crippen molar-refractivity contribution in [2.75, 3.05) is 13.1 Å². The lowest BCUT2D eigenvalue weighted by atomic mass is 10.1. The quantitative estimate of drug-likeness (QED) is 0.600. The maximum absolute atomic E-state index is 10.1. The third-order valence-electron chi connectivity index (χ3n) is 3.13. The summed E-state index contributed by atoms with van der Waals surface area (Å²) in [5.74, 6) is 0. The van der Waals surface area contributed by atoms with Gasteiger partial charge in [-0.1, -0.05) is 24.3 Å². The molecule has 3 N–H and O–H groups in total. The zero-order chi connectivity index (χ0) is 12.1. The van der Waals surface area contributed by atoms with Gasteiger partial charge in [-0.15, -0.1) is 0 Å². The Kier molecular flexibility index (Phi) is 4.12. The molecule has 4 heteroatoms. The fourth-order valence-electron chi connectivity index (χ4n) is 2.26. The highest BCUT2D eigenvalue weighted by Gasteiger charge is 2.20. The number of amides is 1. The first-order valence-electron chi connectivity index (χ1n) is 5.95. The molecule has 1 unspecified atom stereocenters. The number of nitrogens with one attached hydrogen (secondary N) is 2. The van der Waals surface area contributed by atoms with Crippen LogP contribution in [0.1, 0.15) is 11.1 Å². The van der Waals surface area contributed by atoms with E-state index in [9.17, 15) is 9.90 Å². The monoisotopic (exact) mass is 234 g/mol. The Morgan fingerprint density at radius 3 is 2.53 bits per heavy atom. The topological polar surface area (TPSA) is 61.4 Å². The van der Waals surface area contributed by atoms with Crippen molar-refractivity contribution >= 4 is 6.41 Å². The van der Waals surface area contributed by atoms with Crippen LogP contribution >= 0.6 is 0 Å². The molecule has 0 spiro atoms. The summed E-state index contributed by atoms with van der Waals surface area (Å²) in [6, 6.07) is 8.83. The zero-order valence-corrected chi connectivity index (χ0v) is 9.73. The van der Waals surface area contributed by atoms with E-state index in [0.29, 0.717) is 25.5 Å². The summed E-state index contributed by atoms with van der Waals surface area (Å²) in [7, 11) is 0. The minimum atomic E-state index is -0.524. The van der Waals surface area contributed by atoms with Crippen LogP contribution in [0.25, 0.3) is 0 Å². The standard InChI is InChI=1S/C13H18N2O2/c16-9-14-7-13(17)8-15-12-5-10-3-1-2-4-11(10)6-12/h1-4,9,12-13,15,17H,5-8H2,(H,14,16). The van der Waals surface area contributed by atoms with E-state index >= 15 is 0 Å². The van der Waals surface area contributed by atoms with Crippen LogP contribution in [0, 0.1) is 0 Å². The molecule has 0 saturated carbocycles. The summed E-state index contributed by atoms with van der Waals surface area (Å²) in [6.45, 7) is 0.815. The van der Waals surface area contributed by atoms with Crippen molar-refractivity contribution in [1.82, 2.24) is 10.6 Å². The van der Waals surface area contributed by atoms with Crippen LogP contribution in [0.2, 0.25) is 0 Å². The number of rotatable bonds is 6. The zero-order valence-electron chi connectivity index (χ0n) is 9.73. The largest absolute Gasteiger partial charge is 0.390 e. The van der Waals surface area contributed by atoms with Crippen LogP contribution in [0.15, 0.2) is 24.3 Å². The van der Waals surface area contributed by atoms with Crippen LogP contribution in [0.5, 0.6) is 0 Å². The number of aliphatic hydroxyl groups is 1. The Bertz CT molecular complexity index is 356. The predicted molar refractivity (Wildman–Crippen MR) is 65.7 cm³/mol. The highest BCUT2D eigenvalue weighted by Crippen LogP contribution is 2.21. The van der Waals surface area contributed by atoms with Gasteiger partial charge in [0.15, 0.2) is 0 Å². The highest BCUT2D eigenvalue weighted by atomic mass is 16.3. The molecule has 17 heavy (non-hydrogen) atoms. The first-order chi connectivity index (χ1) is 8.29. The van der Waals surface area contributed by atoms with Gasteiger partial charge in [0.05, 0.1) is 6.10 Å². The number of aliphatic hydroxyl groups excluding tert-OH is 1. The summed E-state index contributed by atoms with van der Waals surface area (Å²) >= 11 is 0. The van der Waals surface area contributed by atoms with Crippen molar-refractivity contribution in [3.05, 3.63) is 35.4 Å². The van der Waals surface area contributed by atoms with Crippen LogP contribution in [0.4, 0.5) is 0 Å². The number of benzene rings is 1. The average Bonchev–Trinajstić information content (AvgIpc) is 2.76. The normalized spacial score (nSPS) is 16.5. The van der Waals surface area contributed by atoms with Gasteiger partial charge in [0, 0.05) is 19.1 Å². The van der Waals surface area contributed by atoms with Gasteiger partial charge in [0.25, 0.3) is 0 Å². The van der Waals surface area contributed by atoms with Gasteiger partial charge < -0.3 is 15.7 Å². The van der Waals surface area contributed by atoms with Gasteiger partial charge in [0.2, 0.25) is 6.41 Å². The van der Waals surface area contributed by atoms with E-state index in [0.717, 1.165) is 12.8 Å². The first-order valence-corrected chi connectivity index (χ1v) is 5.95. The van der Waals surface area contributed by atoms with Crippen molar-refractivity contribution < 1.29 is 9.90 Å². The molecule has 0 fully saturated rings. The number of carbonyl (C=O) groups excluding carboxylic acids is 1. The molecule has 0 aromatic heterocycles. The average molecular weight is 234 g/mol. The Morgan fingerprint density at radius 1 is 1.29 bits per heavy atom. The predicted octanol–water partition coefficient (Wildman–Crippen LogP) is -0.150. The van der Waals surface area contributed by atoms with Gasteiger partial charge in [-0.3, -0.25) is 4.79 Å². The lowest BCUT2D eigenvalue weighted by Gasteiger charge is -2.15. The van der Waals surface area contributed by atoms with Gasteiger partial charge in [-0.25, -0.2) is 0 Å². The van der Waals surface area contributed by atoms with E-state index in [1.807, 2.05) is 0 Å². The summed E-state index contributed by atoms with van der Waals surface area (Å²) in [4.78, 5) is 10.1. The maximum Gasteiger partial charge on any atom is 0.207 e. The molecule has 2 rings (SSSR count). The molecule has 0 aliphatic heterocycles. The summed E-state index contributed by atoms with van der Waals surface area (Å²) < 4.78 is 0.